The van der Waals surface area contributed by atoms with Crippen molar-refractivity contribution in [2.24, 2.45) is 11.8 Å². The quantitative estimate of drug-likeness (QED) is 0.542. The second-order valence-electron chi connectivity index (χ2n) is 4.41. The number of likely N-dealkylation sites (tertiary alicyclic amines) is 1. The van der Waals surface area contributed by atoms with Crippen molar-refractivity contribution in [1.29, 1.82) is 5.41 Å². The topological polar surface area (TPSA) is 56.2 Å². The van der Waals surface area contributed by atoms with Crippen molar-refractivity contribution in [1.82, 2.24) is 10.2 Å². The number of piperidine rings is 1. The number of hydrogen-bond acceptors (Lipinski definition) is 2. The second kappa shape index (κ2) is 5.73. The summed E-state index contributed by atoms with van der Waals surface area (Å²) in [5, 5.41) is 9.68. The van der Waals surface area contributed by atoms with Crippen LogP contribution in [0.4, 0.5) is 4.79 Å². The molecule has 0 saturated carbocycles. The molecule has 0 aromatic rings. The van der Waals surface area contributed by atoms with Gasteiger partial charge in [0.15, 0.2) is 0 Å². The lowest BCUT2D eigenvalue weighted by Gasteiger charge is -2.35. The summed E-state index contributed by atoms with van der Waals surface area (Å²) in [5.74, 6) is 1.31. The van der Waals surface area contributed by atoms with Crippen molar-refractivity contribution in [2.45, 2.75) is 26.7 Å². The maximum atomic E-state index is 11.7. The van der Waals surface area contributed by atoms with Crippen LogP contribution in [-0.4, -0.2) is 36.8 Å². The van der Waals surface area contributed by atoms with E-state index < -0.39 is 0 Å². The zero-order valence-electron chi connectivity index (χ0n) is 9.62. The van der Waals surface area contributed by atoms with Crippen molar-refractivity contribution in [3.05, 3.63) is 0 Å². The van der Waals surface area contributed by atoms with Gasteiger partial charge >= 0.3 is 6.03 Å². The van der Waals surface area contributed by atoms with E-state index in [1.54, 1.807) is 0 Å². The third-order valence-electron chi connectivity index (χ3n) is 3.19. The molecule has 0 radical (unpaired) electrons. The number of nitrogens with zero attached hydrogens (tertiary/aromatic N) is 1. The van der Waals surface area contributed by atoms with Gasteiger partial charge in [-0.2, -0.15) is 0 Å². The molecule has 0 aliphatic carbocycles. The summed E-state index contributed by atoms with van der Waals surface area (Å²) in [4.78, 5) is 13.5. The Kier molecular flexibility index (Phi) is 4.59. The molecule has 0 bridgehead atoms. The van der Waals surface area contributed by atoms with E-state index in [-0.39, 0.29) is 6.03 Å². The molecule has 86 valence electrons. The van der Waals surface area contributed by atoms with Crippen LogP contribution in [0.25, 0.3) is 0 Å². The molecule has 15 heavy (non-hydrogen) atoms. The summed E-state index contributed by atoms with van der Waals surface area (Å²) in [6, 6.07) is 0.0237. The molecule has 1 aliphatic rings. The number of hydrogen-bond donors (Lipinski definition) is 2. The van der Waals surface area contributed by atoms with Gasteiger partial charge in [0.1, 0.15) is 0 Å². The molecule has 1 aliphatic heterocycles. The molecule has 0 aromatic heterocycles. The normalized spacial score (nSPS) is 26.1. The van der Waals surface area contributed by atoms with Crippen LogP contribution in [0.2, 0.25) is 0 Å². The molecule has 2 atom stereocenters. The predicted molar refractivity (Wildman–Crippen MR) is 61.3 cm³/mol. The van der Waals surface area contributed by atoms with Gasteiger partial charge < -0.3 is 15.6 Å². The SMILES string of the molecule is CC1CCN(C(=O)NCCC=N)CC1C. The molecule has 1 rings (SSSR count). The summed E-state index contributed by atoms with van der Waals surface area (Å²) in [6.07, 6.45) is 3.03. The summed E-state index contributed by atoms with van der Waals surface area (Å²) < 4.78 is 0. The third kappa shape index (κ3) is 3.53. The fourth-order valence-electron chi connectivity index (χ4n) is 1.81. The minimum atomic E-state index is 0.0237. The first kappa shape index (κ1) is 12.0. The Morgan fingerprint density at radius 2 is 2.27 bits per heavy atom. The average molecular weight is 211 g/mol. The molecule has 0 aromatic carbocycles. The molecule has 1 fully saturated rings. The van der Waals surface area contributed by atoms with Crippen LogP contribution >= 0.6 is 0 Å². The van der Waals surface area contributed by atoms with Gasteiger partial charge in [-0.3, -0.25) is 0 Å². The molecular formula is C11H21N3O. The monoisotopic (exact) mass is 211 g/mol. The van der Waals surface area contributed by atoms with Gasteiger partial charge in [-0.05, 0) is 30.9 Å². The Hall–Kier alpha value is -1.06. The fraction of sp³-hybridized carbons (Fsp3) is 0.818. The van der Waals surface area contributed by atoms with Crippen molar-refractivity contribution in [2.75, 3.05) is 19.6 Å². The maximum absolute atomic E-state index is 11.7. The lowest BCUT2D eigenvalue weighted by atomic mass is 9.89. The van der Waals surface area contributed by atoms with Crippen LogP contribution < -0.4 is 5.32 Å². The van der Waals surface area contributed by atoms with E-state index in [9.17, 15) is 4.79 Å². The van der Waals surface area contributed by atoms with Crippen LogP contribution in [0.5, 0.6) is 0 Å². The minimum absolute atomic E-state index is 0.0237. The molecule has 2 unspecified atom stereocenters. The maximum Gasteiger partial charge on any atom is 0.317 e. The number of carbonyl (C=O) groups excluding carboxylic acids is 1. The summed E-state index contributed by atoms with van der Waals surface area (Å²) >= 11 is 0. The van der Waals surface area contributed by atoms with E-state index in [0.29, 0.717) is 18.9 Å². The van der Waals surface area contributed by atoms with Gasteiger partial charge in [0.2, 0.25) is 0 Å². The van der Waals surface area contributed by atoms with Gasteiger partial charge in [0.05, 0.1) is 0 Å². The van der Waals surface area contributed by atoms with Crippen molar-refractivity contribution in [3.63, 3.8) is 0 Å². The molecular weight excluding hydrogens is 190 g/mol. The third-order valence-corrected chi connectivity index (χ3v) is 3.19. The highest BCUT2D eigenvalue weighted by atomic mass is 16.2. The van der Waals surface area contributed by atoms with E-state index in [1.807, 2.05) is 4.90 Å². The van der Waals surface area contributed by atoms with Crippen LogP contribution in [0.15, 0.2) is 0 Å². The Morgan fingerprint density at radius 1 is 1.53 bits per heavy atom. The van der Waals surface area contributed by atoms with Crippen molar-refractivity contribution in [3.8, 4) is 0 Å². The Bertz CT molecular complexity index is 230. The zero-order valence-corrected chi connectivity index (χ0v) is 9.62. The Balaban J connectivity index is 2.30. The van der Waals surface area contributed by atoms with E-state index in [4.69, 9.17) is 5.41 Å². The summed E-state index contributed by atoms with van der Waals surface area (Å²) in [7, 11) is 0. The van der Waals surface area contributed by atoms with E-state index >= 15 is 0 Å². The van der Waals surface area contributed by atoms with E-state index in [2.05, 4.69) is 19.2 Å². The van der Waals surface area contributed by atoms with E-state index in [0.717, 1.165) is 25.4 Å². The van der Waals surface area contributed by atoms with Crippen LogP contribution in [0, 0.1) is 17.2 Å². The van der Waals surface area contributed by atoms with Crippen molar-refractivity contribution < 1.29 is 4.79 Å². The lowest BCUT2D eigenvalue weighted by Crippen LogP contribution is -2.47. The second-order valence-corrected chi connectivity index (χ2v) is 4.41. The first-order valence-electron chi connectivity index (χ1n) is 5.67. The zero-order chi connectivity index (χ0) is 11.3. The van der Waals surface area contributed by atoms with Gasteiger partial charge in [0, 0.05) is 19.6 Å². The highest BCUT2D eigenvalue weighted by molar-refractivity contribution is 5.74. The lowest BCUT2D eigenvalue weighted by molar-refractivity contribution is 0.145. The Morgan fingerprint density at radius 3 is 2.87 bits per heavy atom. The smallest absolute Gasteiger partial charge is 0.317 e. The number of nitrogens with one attached hydrogen (secondary N) is 2. The number of amides is 2. The molecule has 2 N–H and O–H groups in total. The Labute approximate surface area is 91.5 Å². The summed E-state index contributed by atoms with van der Waals surface area (Å²) in [6.45, 7) is 6.74. The predicted octanol–water partition coefficient (Wildman–Crippen LogP) is 1.71. The van der Waals surface area contributed by atoms with Gasteiger partial charge in [0.25, 0.3) is 0 Å². The van der Waals surface area contributed by atoms with Crippen LogP contribution in [0.3, 0.4) is 0 Å². The largest absolute Gasteiger partial charge is 0.338 e. The average Bonchev–Trinajstić information content (AvgIpc) is 2.22. The first-order valence-corrected chi connectivity index (χ1v) is 5.67. The van der Waals surface area contributed by atoms with Gasteiger partial charge in [-0.1, -0.05) is 13.8 Å². The number of rotatable bonds is 3. The molecule has 2 amide bonds. The first-order chi connectivity index (χ1) is 7.15. The molecule has 1 saturated heterocycles. The van der Waals surface area contributed by atoms with Crippen LogP contribution in [0.1, 0.15) is 26.7 Å². The molecule has 0 spiro atoms. The standard InChI is InChI=1S/C11H21N3O/c1-9-4-7-14(8-10(9)2)11(15)13-6-3-5-12/h5,9-10,12H,3-4,6-8H2,1-2H3,(H,13,15). The van der Waals surface area contributed by atoms with Crippen molar-refractivity contribution >= 4 is 12.2 Å². The minimum Gasteiger partial charge on any atom is -0.338 e. The van der Waals surface area contributed by atoms with Gasteiger partial charge in [-0.25, -0.2) is 4.79 Å². The highest BCUT2D eigenvalue weighted by Crippen LogP contribution is 2.22. The van der Waals surface area contributed by atoms with Gasteiger partial charge in [-0.15, -0.1) is 0 Å². The molecule has 4 nitrogen and oxygen atoms in total. The van der Waals surface area contributed by atoms with Crippen LogP contribution in [-0.2, 0) is 0 Å². The highest BCUT2D eigenvalue weighted by Gasteiger charge is 2.25. The number of carbonyl (C=O) groups is 1. The van der Waals surface area contributed by atoms with E-state index in [1.165, 1.54) is 6.21 Å². The molecule has 1 heterocycles. The fourth-order valence-corrected chi connectivity index (χ4v) is 1.81. The number of urea groups is 1. The molecule has 4 heteroatoms. The summed E-state index contributed by atoms with van der Waals surface area (Å²) in [5.41, 5.74) is 0.